The van der Waals surface area contributed by atoms with Crippen LogP contribution in [0.25, 0.3) is 11.0 Å². The van der Waals surface area contributed by atoms with Crippen molar-refractivity contribution in [2.24, 2.45) is 0 Å². The molecule has 3 rings (SSSR count). The van der Waals surface area contributed by atoms with Gasteiger partial charge in [0.05, 0.1) is 5.39 Å². The number of nitrogens with zero attached hydrogens (tertiary/aromatic N) is 4. The van der Waals surface area contributed by atoms with Crippen LogP contribution in [0.5, 0.6) is 0 Å². The van der Waals surface area contributed by atoms with E-state index in [0.29, 0.717) is 0 Å². The number of H-pyrrole nitrogens is 1. The number of hydrogen-bond donors (Lipinski definition) is 2. The number of likely N-dealkylation sites (N-methyl/N-ethyl adjacent to an activating group) is 1. The van der Waals surface area contributed by atoms with Crippen molar-refractivity contribution < 1.29 is 0 Å². The largest absolute Gasteiger partial charge is 0.369 e. The van der Waals surface area contributed by atoms with Crippen LogP contribution >= 0.6 is 0 Å². The Kier molecular flexibility index (Phi) is 5.13. The molecule has 3 heterocycles. The Bertz CT molecular complexity index is 642. The summed E-state index contributed by atoms with van der Waals surface area (Å²) in [6.07, 6.45) is 1.14. The molecule has 2 N–H and O–H groups in total. The smallest absolute Gasteiger partial charge is 0.143 e. The van der Waals surface area contributed by atoms with Gasteiger partial charge in [-0.15, -0.1) is 0 Å². The molecule has 1 aliphatic heterocycles. The quantitative estimate of drug-likeness (QED) is 0.799. The fraction of sp³-hybridized carbons (Fsp3) is 0.647. The summed E-state index contributed by atoms with van der Waals surface area (Å²) in [6, 6.07) is 2.11. The third-order valence-corrected chi connectivity index (χ3v) is 4.59. The first-order valence-corrected chi connectivity index (χ1v) is 8.68. The lowest BCUT2D eigenvalue weighted by Crippen LogP contribution is -2.46. The molecule has 1 aliphatic rings. The highest BCUT2D eigenvalue weighted by Crippen LogP contribution is 2.21. The van der Waals surface area contributed by atoms with Gasteiger partial charge < -0.3 is 20.1 Å². The van der Waals surface area contributed by atoms with E-state index in [2.05, 4.69) is 50.0 Å². The van der Waals surface area contributed by atoms with E-state index in [-0.39, 0.29) is 0 Å². The summed E-state index contributed by atoms with van der Waals surface area (Å²) in [7, 11) is 0. The van der Waals surface area contributed by atoms with Crippen LogP contribution in [0.1, 0.15) is 24.9 Å². The van der Waals surface area contributed by atoms with Gasteiger partial charge in [0.2, 0.25) is 0 Å². The fourth-order valence-corrected chi connectivity index (χ4v) is 3.23. The standard InChI is InChI=1S/C17H28N6/c1-4-22-8-10-23(11-9-22)7-5-6-18-16-15-12-13(2)19-17(15)21-14(3)20-16/h12H,4-11H2,1-3H3,(H2,18,19,20,21). The number of aryl methyl sites for hydroxylation is 2. The van der Waals surface area contributed by atoms with E-state index in [9.17, 15) is 0 Å². The van der Waals surface area contributed by atoms with Gasteiger partial charge in [-0.3, -0.25) is 0 Å². The van der Waals surface area contributed by atoms with E-state index in [1.54, 1.807) is 0 Å². The van der Waals surface area contributed by atoms with Crippen LogP contribution < -0.4 is 5.32 Å². The highest BCUT2D eigenvalue weighted by Gasteiger charge is 2.14. The normalized spacial score (nSPS) is 17.0. The first-order valence-electron chi connectivity index (χ1n) is 8.68. The zero-order valence-corrected chi connectivity index (χ0v) is 14.5. The zero-order valence-electron chi connectivity index (χ0n) is 14.5. The highest BCUT2D eigenvalue weighted by atomic mass is 15.3. The van der Waals surface area contributed by atoms with Gasteiger partial charge in [0.25, 0.3) is 0 Å². The number of anilines is 1. The maximum Gasteiger partial charge on any atom is 0.143 e. The van der Waals surface area contributed by atoms with Crippen molar-refractivity contribution in [2.75, 3.05) is 51.1 Å². The molecule has 2 aromatic rings. The van der Waals surface area contributed by atoms with Crippen molar-refractivity contribution in [2.45, 2.75) is 27.2 Å². The Hall–Kier alpha value is -1.66. The Morgan fingerprint density at radius 2 is 1.87 bits per heavy atom. The van der Waals surface area contributed by atoms with Crippen LogP contribution in [0.4, 0.5) is 5.82 Å². The van der Waals surface area contributed by atoms with Gasteiger partial charge in [-0.1, -0.05) is 6.92 Å². The summed E-state index contributed by atoms with van der Waals surface area (Å²) in [5.74, 6) is 1.75. The molecule has 0 aromatic carbocycles. The number of piperazine rings is 1. The van der Waals surface area contributed by atoms with Gasteiger partial charge in [0.1, 0.15) is 17.3 Å². The molecule has 6 nitrogen and oxygen atoms in total. The summed E-state index contributed by atoms with van der Waals surface area (Å²) in [5, 5.41) is 4.58. The summed E-state index contributed by atoms with van der Waals surface area (Å²) < 4.78 is 0. The van der Waals surface area contributed by atoms with Crippen molar-refractivity contribution in [1.82, 2.24) is 24.8 Å². The highest BCUT2D eigenvalue weighted by molar-refractivity contribution is 5.87. The fourth-order valence-electron chi connectivity index (χ4n) is 3.23. The van der Waals surface area contributed by atoms with Crippen molar-refractivity contribution in [3.8, 4) is 0 Å². The van der Waals surface area contributed by atoms with E-state index < -0.39 is 0 Å². The predicted molar refractivity (Wildman–Crippen MR) is 95.0 cm³/mol. The number of nitrogens with one attached hydrogen (secondary N) is 2. The van der Waals surface area contributed by atoms with Crippen molar-refractivity contribution >= 4 is 16.9 Å². The molecule has 0 spiro atoms. The van der Waals surface area contributed by atoms with Gasteiger partial charge in [0, 0.05) is 38.4 Å². The molecule has 0 unspecified atom stereocenters. The van der Waals surface area contributed by atoms with Crippen LogP contribution in [-0.4, -0.2) is 70.6 Å². The summed E-state index contributed by atoms with van der Waals surface area (Å²) >= 11 is 0. The molecule has 2 aromatic heterocycles. The lowest BCUT2D eigenvalue weighted by Gasteiger charge is -2.34. The second-order valence-electron chi connectivity index (χ2n) is 6.39. The maximum absolute atomic E-state index is 4.56. The van der Waals surface area contributed by atoms with Crippen molar-refractivity contribution in [3.63, 3.8) is 0 Å². The molecule has 0 bridgehead atoms. The summed E-state index contributed by atoms with van der Waals surface area (Å²) in [6.45, 7) is 14.3. The average molecular weight is 316 g/mol. The lowest BCUT2D eigenvalue weighted by molar-refractivity contribution is 0.137. The molecule has 6 heteroatoms. The van der Waals surface area contributed by atoms with Gasteiger partial charge in [0.15, 0.2) is 0 Å². The second kappa shape index (κ2) is 7.27. The van der Waals surface area contributed by atoms with Crippen LogP contribution in [0.3, 0.4) is 0 Å². The van der Waals surface area contributed by atoms with Crippen molar-refractivity contribution in [3.05, 3.63) is 17.6 Å². The minimum absolute atomic E-state index is 0.803. The van der Waals surface area contributed by atoms with Crippen LogP contribution in [0.2, 0.25) is 0 Å². The van der Waals surface area contributed by atoms with Gasteiger partial charge >= 0.3 is 0 Å². The van der Waals surface area contributed by atoms with Gasteiger partial charge in [-0.25, -0.2) is 9.97 Å². The maximum atomic E-state index is 4.56. The Morgan fingerprint density at radius 3 is 2.61 bits per heavy atom. The van der Waals surface area contributed by atoms with Gasteiger partial charge in [-0.05, 0) is 39.4 Å². The molecule has 0 atom stereocenters. The monoisotopic (exact) mass is 316 g/mol. The van der Waals surface area contributed by atoms with Crippen molar-refractivity contribution in [1.29, 1.82) is 0 Å². The summed E-state index contributed by atoms with van der Waals surface area (Å²) in [4.78, 5) is 17.4. The molecule has 0 aliphatic carbocycles. The number of aromatic nitrogens is 3. The summed E-state index contributed by atoms with van der Waals surface area (Å²) in [5.41, 5.74) is 2.05. The van der Waals surface area contributed by atoms with Crippen LogP contribution in [0.15, 0.2) is 6.07 Å². The Balaban J connectivity index is 1.49. The molecule has 1 fully saturated rings. The molecule has 1 saturated heterocycles. The van der Waals surface area contributed by atoms with E-state index in [1.807, 2.05) is 6.92 Å². The van der Waals surface area contributed by atoms with E-state index in [4.69, 9.17) is 0 Å². The molecule has 0 saturated carbocycles. The SMILES string of the molecule is CCN1CCN(CCCNc2nc(C)nc3[nH]c(C)cc23)CC1. The van der Waals surface area contributed by atoms with Crippen LogP contribution in [-0.2, 0) is 0 Å². The molecular formula is C17H28N6. The first kappa shape index (κ1) is 16.2. The molecule has 23 heavy (non-hydrogen) atoms. The van der Waals surface area contributed by atoms with Gasteiger partial charge in [-0.2, -0.15) is 0 Å². The molecule has 0 radical (unpaired) electrons. The topological polar surface area (TPSA) is 60.1 Å². The third kappa shape index (κ3) is 4.00. The minimum atomic E-state index is 0.803. The van der Waals surface area contributed by atoms with E-state index in [1.165, 1.54) is 32.7 Å². The number of aromatic amines is 1. The average Bonchev–Trinajstić information content (AvgIpc) is 2.92. The predicted octanol–water partition coefficient (Wildman–Crippen LogP) is 2.01. The number of hydrogen-bond acceptors (Lipinski definition) is 5. The lowest BCUT2D eigenvalue weighted by atomic mass is 10.3. The molecular weight excluding hydrogens is 288 g/mol. The number of fused-ring (bicyclic) bond motifs is 1. The second-order valence-corrected chi connectivity index (χ2v) is 6.39. The Morgan fingerprint density at radius 1 is 1.13 bits per heavy atom. The number of rotatable bonds is 6. The zero-order chi connectivity index (χ0) is 16.2. The van der Waals surface area contributed by atoms with Crippen LogP contribution in [0, 0.1) is 13.8 Å². The van der Waals surface area contributed by atoms with E-state index >= 15 is 0 Å². The minimum Gasteiger partial charge on any atom is -0.369 e. The Labute approximate surface area is 138 Å². The first-order chi connectivity index (χ1) is 11.2. The van der Waals surface area contributed by atoms with E-state index in [0.717, 1.165) is 47.9 Å². The molecule has 0 amide bonds. The third-order valence-electron chi connectivity index (χ3n) is 4.59. The molecule has 126 valence electrons.